The predicted octanol–water partition coefficient (Wildman–Crippen LogP) is 0.168. The van der Waals surface area contributed by atoms with E-state index in [0.717, 1.165) is 4.90 Å². The van der Waals surface area contributed by atoms with Gasteiger partial charge < -0.3 is 11.1 Å². The lowest BCUT2D eigenvalue weighted by atomic mass is 10.1. The highest BCUT2D eigenvalue weighted by Crippen LogP contribution is 2.24. The Kier molecular flexibility index (Phi) is 5.24. The molecular formula is C13H16ClN3O3. The fourth-order valence-electron chi connectivity index (χ4n) is 2.02. The number of nitrogens with zero attached hydrogens (tertiary/aromatic N) is 1. The van der Waals surface area contributed by atoms with Crippen molar-refractivity contribution in [1.29, 1.82) is 0 Å². The van der Waals surface area contributed by atoms with Crippen molar-refractivity contribution in [3.63, 3.8) is 0 Å². The van der Waals surface area contributed by atoms with Crippen molar-refractivity contribution in [3.8, 4) is 0 Å². The molecule has 1 atom stereocenters. The molecule has 0 saturated carbocycles. The van der Waals surface area contributed by atoms with Crippen LogP contribution in [-0.4, -0.2) is 41.8 Å². The Hall–Kier alpha value is -1.92. The summed E-state index contributed by atoms with van der Waals surface area (Å²) in [6.07, 6.45) is 0. The molecule has 1 aliphatic rings. The lowest BCUT2D eigenvalue weighted by molar-refractivity contribution is -0.124. The standard InChI is InChI=1S/C13H15N3O3.ClH/c1-8(11(17)15-7-6-14)16-12(18)9-4-2-3-5-10(9)13(16)19;/h2-5,8H,6-7,14H2,1H3,(H,15,17);1H. The molecule has 2 rings (SSSR count). The third kappa shape index (κ3) is 2.66. The van der Waals surface area contributed by atoms with E-state index >= 15 is 0 Å². The van der Waals surface area contributed by atoms with E-state index in [2.05, 4.69) is 5.32 Å². The number of halogens is 1. The second-order valence-corrected chi connectivity index (χ2v) is 4.28. The van der Waals surface area contributed by atoms with Crippen molar-refractivity contribution in [3.05, 3.63) is 35.4 Å². The van der Waals surface area contributed by atoms with Gasteiger partial charge in [0.1, 0.15) is 6.04 Å². The third-order valence-corrected chi connectivity index (χ3v) is 3.04. The van der Waals surface area contributed by atoms with Gasteiger partial charge in [-0.1, -0.05) is 12.1 Å². The Balaban J connectivity index is 0.00000200. The summed E-state index contributed by atoms with van der Waals surface area (Å²) >= 11 is 0. The summed E-state index contributed by atoms with van der Waals surface area (Å²) in [6, 6.07) is 5.69. The summed E-state index contributed by atoms with van der Waals surface area (Å²) in [4.78, 5) is 37.1. The van der Waals surface area contributed by atoms with Gasteiger partial charge >= 0.3 is 0 Å². The molecule has 20 heavy (non-hydrogen) atoms. The maximum atomic E-state index is 12.1. The summed E-state index contributed by atoms with van der Waals surface area (Å²) < 4.78 is 0. The average Bonchev–Trinajstić information content (AvgIpc) is 2.68. The predicted molar refractivity (Wildman–Crippen MR) is 75.7 cm³/mol. The molecule has 3 amide bonds. The Morgan fingerprint density at radius 1 is 1.25 bits per heavy atom. The Morgan fingerprint density at radius 2 is 1.75 bits per heavy atom. The second kappa shape index (κ2) is 6.49. The Morgan fingerprint density at radius 3 is 2.20 bits per heavy atom. The van der Waals surface area contributed by atoms with Gasteiger partial charge in [-0.25, -0.2) is 0 Å². The molecule has 1 heterocycles. The molecule has 0 spiro atoms. The lowest BCUT2D eigenvalue weighted by Gasteiger charge is -2.21. The number of benzene rings is 1. The summed E-state index contributed by atoms with van der Waals surface area (Å²) in [5.74, 6) is -1.26. The van der Waals surface area contributed by atoms with Gasteiger partial charge in [0.15, 0.2) is 0 Å². The van der Waals surface area contributed by atoms with Crippen LogP contribution in [0.25, 0.3) is 0 Å². The van der Waals surface area contributed by atoms with Gasteiger partial charge in [-0.05, 0) is 19.1 Å². The molecule has 1 aromatic carbocycles. The highest BCUT2D eigenvalue weighted by Gasteiger charge is 2.40. The van der Waals surface area contributed by atoms with Crippen LogP contribution in [0.2, 0.25) is 0 Å². The van der Waals surface area contributed by atoms with E-state index in [1.807, 2.05) is 0 Å². The molecule has 3 N–H and O–H groups in total. The highest BCUT2D eigenvalue weighted by molar-refractivity contribution is 6.22. The number of hydrogen-bond acceptors (Lipinski definition) is 4. The average molecular weight is 298 g/mol. The van der Waals surface area contributed by atoms with Crippen LogP contribution in [-0.2, 0) is 4.79 Å². The van der Waals surface area contributed by atoms with E-state index in [0.29, 0.717) is 24.2 Å². The maximum absolute atomic E-state index is 12.1. The minimum absolute atomic E-state index is 0. The van der Waals surface area contributed by atoms with Crippen molar-refractivity contribution in [2.24, 2.45) is 5.73 Å². The molecule has 1 aliphatic heterocycles. The summed E-state index contributed by atoms with van der Waals surface area (Å²) in [6.45, 7) is 2.14. The van der Waals surface area contributed by atoms with E-state index in [4.69, 9.17) is 5.73 Å². The van der Waals surface area contributed by atoms with Gasteiger partial charge in [0, 0.05) is 13.1 Å². The Labute approximate surface area is 122 Å². The van der Waals surface area contributed by atoms with Gasteiger partial charge in [-0.2, -0.15) is 0 Å². The van der Waals surface area contributed by atoms with Gasteiger partial charge in [-0.3, -0.25) is 19.3 Å². The first-order valence-electron chi connectivity index (χ1n) is 6.02. The molecule has 1 aromatic rings. The number of carbonyl (C=O) groups is 3. The van der Waals surface area contributed by atoms with Crippen LogP contribution < -0.4 is 11.1 Å². The van der Waals surface area contributed by atoms with Crippen LogP contribution in [0.3, 0.4) is 0 Å². The summed E-state index contributed by atoms with van der Waals surface area (Å²) in [5.41, 5.74) is 5.97. The zero-order valence-electron chi connectivity index (χ0n) is 11.0. The normalized spacial score (nSPS) is 14.6. The van der Waals surface area contributed by atoms with E-state index in [9.17, 15) is 14.4 Å². The molecule has 6 nitrogen and oxygen atoms in total. The number of carbonyl (C=O) groups excluding carboxylic acids is 3. The molecule has 0 saturated heterocycles. The van der Waals surface area contributed by atoms with Crippen molar-refractivity contribution >= 4 is 30.1 Å². The van der Waals surface area contributed by atoms with Crippen molar-refractivity contribution < 1.29 is 14.4 Å². The number of rotatable bonds is 4. The van der Waals surface area contributed by atoms with Gasteiger partial charge in [0.05, 0.1) is 11.1 Å². The van der Waals surface area contributed by atoms with Crippen LogP contribution in [0.5, 0.6) is 0 Å². The highest BCUT2D eigenvalue weighted by atomic mass is 35.5. The van der Waals surface area contributed by atoms with E-state index in [1.54, 1.807) is 24.3 Å². The van der Waals surface area contributed by atoms with E-state index in [-0.39, 0.29) is 18.3 Å². The zero-order chi connectivity index (χ0) is 14.0. The fourth-order valence-corrected chi connectivity index (χ4v) is 2.02. The van der Waals surface area contributed by atoms with Crippen molar-refractivity contribution in [2.45, 2.75) is 13.0 Å². The molecule has 7 heteroatoms. The van der Waals surface area contributed by atoms with Crippen LogP contribution in [0.15, 0.2) is 24.3 Å². The van der Waals surface area contributed by atoms with Crippen LogP contribution in [0.4, 0.5) is 0 Å². The Bertz CT molecular complexity index is 512. The zero-order valence-corrected chi connectivity index (χ0v) is 11.8. The third-order valence-electron chi connectivity index (χ3n) is 3.04. The quantitative estimate of drug-likeness (QED) is 0.775. The number of hydrogen-bond donors (Lipinski definition) is 2. The number of nitrogens with one attached hydrogen (secondary N) is 1. The minimum Gasteiger partial charge on any atom is -0.353 e. The smallest absolute Gasteiger partial charge is 0.262 e. The minimum atomic E-state index is -0.848. The number of amides is 3. The molecule has 108 valence electrons. The summed E-state index contributed by atoms with van der Waals surface area (Å²) in [5, 5.41) is 2.57. The first-order chi connectivity index (χ1) is 9.07. The van der Waals surface area contributed by atoms with Crippen molar-refractivity contribution in [1.82, 2.24) is 10.2 Å². The number of nitrogens with two attached hydrogens (primary N) is 1. The van der Waals surface area contributed by atoms with Gasteiger partial charge in [0.2, 0.25) is 5.91 Å². The molecule has 0 fully saturated rings. The van der Waals surface area contributed by atoms with E-state index in [1.165, 1.54) is 6.92 Å². The monoisotopic (exact) mass is 297 g/mol. The first-order valence-corrected chi connectivity index (χ1v) is 6.02. The maximum Gasteiger partial charge on any atom is 0.262 e. The topological polar surface area (TPSA) is 92.5 Å². The largest absolute Gasteiger partial charge is 0.353 e. The fraction of sp³-hybridized carbons (Fsp3) is 0.308. The molecule has 1 unspecified atom stereocenters. The summed E-state index contributed by atoms with van der Waals surface area (Å²) in [7, 11) is 0. The number of imide groups is 1. The molecule has 0 aromatic heterocycles. The molecule has 0 bridgehead atoms. The molecule has 0 radical (unpaired) electrons. The van der Waals surface area contributed by atoms with Crippen LogP contribution in [0.1, 0.15) is 27.6 Å². The first kappa shape index (κ1) is 16.1. The lowest BCUT2D eigenvalue weighted by Crippen LogP contribution is -2.48. The van der Waals surface area contributed by atoms with Gasteiger partial charge in [-0.15, -0.1) is 12.4 Å². The van der Waals surface area contributed by atoms with Crippen LogP contribution >= 0.6 is 12.4 Å². The van der Waals surface area contributed by atoms with E-state index < -0.39 is 17.9 Å². The SMILES string of the molecule is CC(C(=O)NCCN)N1C(=O)c2ccccc2C1=O.Cl. The van der Waals surface area contributed by atoms with Crippen LogP contribution in [0, 0.1) is 0 Å². The number of fused-ring (bicyclic) bond motifs is 1. The van der Waals surface area contributed by atoms with Gasteiger partial charge in [0.25, 0.3) is 11.8 Å². The molecule has 0 aliphatic carbocycles. The van der Waals surface area contributed by atoms with Crippen molar-refractivity contribution in [2.75, 3.05) is 13.1 Å². The second-order valence-electron chi connectivity index (χ2n) is 4.28. The molecular weight excluding hydrogens is 282 g/mol.